The maximum absolute atomic E-state index is 5.82. The van der Waals surface area contributed by atoms with Crippen LogP contribution in [0.5, 0.6) is 5.75 Å². The van der Waals surface area contributed by atoms with Crippen molar-refractivity contribution >= 4 is 29.2 Å². The lowest BCUT2D eigenvalue weighted by Crippen LogP contribution is -2.23. The van der Waals surface area contributed by atoms with E-state index < -0.39 is 0 Å². The van der Waals surface area contributed by atoms with Crippen molar-refractivity contribution in [3.05, 3.63) is 96.1 Å². The highest BCUT2D eigenvalue weighted by Crippen LogP contribution is 2.14. The molecule has 0 saturated carbocycles. The fraction of sp³-hybridized carbons (Fsp3) is 0.0476. The van der Waals surface area contributed by atoms with Crippen LogP contribution < -0.4 is 15.5 Å². The van der Waals surface area contributed by atoms with Crippen LogP contribution in [0.25, 0.3) is 0 Å². The first-order chi connectivity index (χ1) is 12.8. The molecule has 4 nitrogen and oxygen atoms in total. The molecule has 0 fully saturated rings. The van der Waals surface area contributed by atoms with Crippen molar-refractivity contribution in [1.82, 2.24) is 5.43 Å². The normalized spacial score (nSPS) is 10.5. The van der Waals surface area contributed by atoms with E-state index in [4.69, 9.17) is 17.0 Å². The quantitative estimate of drug-likeness (QED) is 0.383. The molecule has 0 amide bonds. The molecule has 5 heteroatoms. The third-order valence-electron chi connectivity index (χ3n) is 3.52. The summed E-state index contributed by atoms with van der Waals surface area (Å²) >= 11 is 5.21. The van der Waals surface area contributed by atoms with Crippen molar-refractivity contribution < 1.29 is 4.74 Å². The van der Waals surface area contributed by atoms with Gasteiger partial charge in [-0.05, 0) is 47.6 Å². The van der Waals surface area contributed by atoms with Gasteiger partial charge in [-0.1, -0.05) is 60.7 Å². The van der Waals surface area contributed by atoms with Gasteiger partial charge in [-0.2, -0.15) is 5.10 Å². The van der Waals surface area contributed by atoms with Crippen LogP contribution in [0.3, 0.4) is 0 Å². The maximum atomic E-state index is 5.82. The van der Waals surface area contributed by atoms with Crippen molar-refractivity contribution in [2.45, 2.75) is 6.61 Å². The highest BCUT2D eigenvalue weighted by Gasteiger charge is 1.98. The summed E-state index contributed by atoms with van der Waals surface area (Å²) in [5.41, 5.74) is 5.77. The first-order valence-corrected chi connectivity index (χ1v) is 8.62. The first-order valence-electron chi connectivity index (χ1n) is 8.21. The van der Waals surface area contributed by atoms with Crippen LogP contribution in [0.2, 0.25) is 0 Å². The van der Waals surface area contributed by atoms with Crippen LogP contribution in [-0.2, 0) is 6.61 Å². The number of ether oxygens (including phenoxy) is 1. The van der Waals surface area contributed by atoms with Crippen LogP contribution in [0.1, 0.15) is 11.1 Å². The molecular weight excluding hydrogens is 342 g/mol. The lowest BCUT2D eigenvalue weighted by atomic mass is 10.2. The minimum atomic E-state index is 0.434. The second-order valence-corrected chi connectivity index (χ2v) is 5.95. The zero-order chi connectivity index (χ0) is 18.0. The molecule has 3 aromatic rings. The Morgan fingerprint density at radius 3 is 2.42 bits per heavy atom. The summed E-state index contributed by atoms with van der Waals surface area (Å²) in [7, 11) is 0. The molecule has 0 aliphatic rings. The third kappa shape index (κ3) is 5.72. The van der Waals surface area contributed by atoms with Crippen molar-refractivity contribution in [2.24, 2.45) is 5.10 Å². The molecule has 0 aliphatic heterocycles. The maximum Gasteiger partial charge on any atom is 0.191 e. The molecule has 0 heterocycles. The summed E-state index contributed by atoms with van der Waals surface area (Å²) in [6.45, 7) is 0.533. The van der Waals surface area contributed by atoms with Gasteiger partial charge in [-0.3, -0.25) is 5.43 Å². The van der Waals surface area contributed by atoms with Gasteiger partial charge in [0.25, 0.3) is 0 Å². The van der Waals surface area contributed by atoms with Gasteiger partial charge < -0.3 is 10.1 Å². The predicted octanol–water partition coefficient (Wildman–Crippen LogP) is 4.59. The SMILES string of the molecule is S=C(N/N=C/c1cccc(OCc2ccccc2)c1)Nc1ccccc1. The Morgan fingerprint density at radius 1 is 0.923 bits per heavy atom. The molecule has 0 saturated heterocycles. The van der Waals surface area contributed by atoms with E-state index in [1.165, 1.54) is 0 Å². The van der Waals surface area contributed by atoms with Gasteiger partial charge in [-0.15, -0.1) is 0 Å². The van der Waals surface area contributed by atoms with E-state index in [0.717, 1.165) is 22.6 Å². The van der Waals surface area contributed by atoms with E-state index in [-0.39, 0.29) is 0 Å². The molecule has 26 heavy (non-hydrogen) atoms. The van der Waals surface area contributed by atoms with Gasteiger partial charge in [0, 0.05) is 5.69 Å². The average molecular weight is 361 g/mol. The van der Waals surface area contributed by atoms with Gasteiger partial charge in [0.2, 0.25) is 0 Å². The van der Waals surface area contributed by atoms with E-state index in [2.05, 4.69) is 15.8 Å². The topological polar surface area (TPSA) is 45.7 Å². The number of hydrogen-bond donors (Lipinski definition) is 2. The highest BCUT2D eigenvalue weighted by molar-refractivity contribution is 7.80. The monoisotopic (exact) mass is 361 g/mol. The highest BCUT2D eigenvalue weighted by atomic mass is 32.1. The van der Waals surface area contributed by atoms with Crippen molar-refractivity contribution in [2.75, 3.05) is 5.32 Å². The fourth-order valence-electron chi connectivity index (χ4n) is 2.27. The first kappa shape index (κ1) is 17.6. The average Bonchev–Trinajstić information content (AvgIpc) is 2.68. The molecule has 0 unspecified atom stereocenters. The molecule has 3 aromatic carbocycles. The number of hydrogen-bond acceptors (Lipinski definition) is 3. The molecule has 130 valence electrons. The summed E-state index contributed by atoms with van der Waals surface area (Å²) in [5, 5.41) is 7.66. The number of para-hydroxylation sites is 1. The van der Waals surface area contributed by atoms with Gasteiger partial charge in [0.15, 0.2) is 5.11 Å². The van der Waals surface area contributed by atoms with Gasteiger partial charge >= 0.3 is 0 Å². The molecule has 3 rings (SSSR count). The number of rotatable bonds is 6. The van der Waals surface area contributed by atoms with E-state index in [1.807, 2.05) is 84.9 Å². The number of thiocarbonyl (C=S) groups is 1. The van der Waals surface area contributed by atoms with Gasteiger partial charge in [-0.25, -0.2) is 0 Å². The summed E-state index contributed by atoms with van der Waals surface area (Å²) in [6.07, 6.45) is 1.70. The Kier molecular flexibility index (Phi) is 6.34. The van der Waals surface area contributed by atoms with Gasteiger partial charge in [0.05, 0.1) is 6.21 Å². The van der Waals surface area contributed by atoms with E-state index in [0.29, 0.717) is 11.7 Å². The third-order valence-corrected chi connectivity index (χ3v) is 3.71. The predicted molar refractivity (Wildman–Crippen MR) is 111 cm³/mol. The summed E-state index contributed by atoms with van der Waals surface area (Å²) in [5.74, 6) is 0.794. The number of nitrogens with zero attached hydrogens (tertiary/aromatic N) is 1. The minimum absolute atomic E-state index is 0.434. The molecule has 0 aliphatic carbocycles. The van der Waals surface area contributed by atoms with Crippen LogP contribution >= 0.6 is 12.2 Å². The zero-order valence-electron chi connectivity index (χ0n) is 14.1. The Morgan fingerprint density at radius 2 is 1.65 bits per heavy atom. The number of hydrazone groups is 1. The lowest BCUT2D eigenvalue weighted by molar-refractivity contribution is 0.306. The second-order valence-electron chi connectivity index (χ2n) is 5.54. The summed E-state index contributed by atoms with van der Waals surface area (Å²) in [6, 6.07) is 27.5. The largest absolute Gasteiger partial charge is 0.489 e. The van der Waals surface area contributed by atoms with Gasteiger partial charge in [0.1, 0.15) is 12.4 Å². The number of benzene rings is 3. The zero-order valence-corrected chi connectivity index (χ0v) is 14.9. The van der Waals surface area contributed by atoms with E-state index in [1.54, 1.807) is 6.21 Å². The standard InChI is InChI=1S/C21H19N3OS/c26-21(23-19-11-5-2-6-12-19)24-22-15-18-10-7-13-20(14-18)25-16-17-8-3-1-4-9-17/h1-15H,16H2,(H2,23,24,26)/b22-15+. The molecule has 0 aromatic heterocycles. The van der Waals surface area contributed by atoms with Crippen LogP contribution in [0.15, 0.2) is 90.0 Å². The minimum Gasteiger partial charge on any atom is -0.489 e. The molecule has 2 N–H and O–H groups in total. The number of anilines is 1. The lowest BCUT2D eigenvalue weighted by Gasteiger charge is -2.07. The summed E-state index contributed by atoms with van der Waals surface area (Å²) in [4.78, 5) is 0. The smallest absolute Gasteiger partial charge is 0.191 e. The summed E-state index contributed by atoms with van der Waals surface area (Å²) < 4.78 is 5.82. The van der Waals surface area contributed by atoms with E-state index in [9.17, 15) is 0 Å². The van der Waals surface area contributed by atoms with Crippen molar-refractivity contribution in [3.63, 3.8) is 0 Å². The molecule has 0 spiro atoms. The molecule has 0 radical (unpaired) electrons. The Labute approximate surface area is 158 Å². The number of nitrogens with one attached hydrogen (secondary N) is 2. The molecular formula is C21H19N3OS. The van der Waals surface area contributed by atoms with E-state index >= 15 is 0 Å². The fourth-order valence-corrected chi connectivity index (χ4v) is 2.44. The van der Waals surface area contributed by atoms with Crippen LogP contribution in [0, 0.1) is 0 Å². The van der Waals surface area contributed by atoms with Crippen molar-refractivity contribution in [1.29, 1.82) is 0 Å². The Bertz CT molecular complexity index is 867. The van der Waals surface area contributed by atoms with Crippen molar-refractivity contribution in [3.8, 4) is 5.75 Å². The van der Waals surface area contributed by atoms with Crippen LogP contribution in [-0.4, -0.2) is 11.3 Å². The molecule has 0 bridgehead atoms. The Hall–Kier alpha value is -3.18. The Balaban J connectivity index is 1.51. The van der Waals surface area contributed by atoms with Crippen LogP contribution in [0.4, 0.5) is 5.69 Å². The second kappa shape index (κ2) is 9.34. The molecule has 0 atom stereocenters.